The van der Waals surface area contributed by atoms with E-state index in [0.717, 1.165) is 18.9 Å². The molecule has 2 rings (SSSR count). The van der Waals surface area contributed by atoms with Crippen LogP contribution in [0, 0.1) is 11.7 Å². The first-order valence-corrected chi connectivity index (χ1v) is 5.98. The zero-order chi connectivity index (χ0) is 13.5. The van der Waals surface area contributed by atoms with Crippen molar-refractivity contribution in [3.8, 4) is 0 Å². The molecule has 0 spiro atoms. The molecule has 1 aliphatic rings. The Hall–Kier alpha value is -0.520. The average molecular weight is 318 g/mol. The molecule has 1 nitrogen and oxygen atoms in total. The molecule has 0 aliphatic heterocycles. The van der Waals surface area contributed by atoms with Gasteiger partial charge in [0.05, 0.1) is 10.6 Å². The van der Waals surface area contributed by atoms with E-state index in [9.17, 15) is 17.6 Å². The third-order valence-corrected chi connectivity index (χ3v) is 3.34. The lowest BCUT2D eigenvalue weighted by Crippen LogP contribution is -2.15. The molecule has 1 aromatic carbocycles. The van der Waals surface area contributed by atoms with Gasteiger partial charge >= 0.3 is 6.18 Å². The van der Waals surface area contributed by atoms with Gasteiger partial charge in [-0.05, 0) is 24.5 Å². The predicted molar refractivity (Wildman–Crippen MR) is 67.9 cm³/mol. The van der Waals surface area contributed by atoms with E-state index in [2.05, 4.69) is 0 Å². The van der Waals surface area contributed by atoms with Gasteiger partial charge in [-0.15, -0.1) is 12.4 Å². The third kappa shape index (κ3) is 3.97. The lowest BCUT2D eigenvalue weighted by molar-refractivity contribution is -0.137. The molecular formula is C12H13Cl2F4N. The highest BCUT2D eigenvalue weighted by Gasteiger charge is 2.34. The summed E-state index contributed by atoms with van der Waals surface area (Å²) in [6, 6.07) is 0.607. The maximum Gasteiger partial charge on any atom is 0.416 e. The maximum absolute atomic E-state index is 13.7. The maximum atomic E-state index is 13.7. The summed E-state index contributed by atoms with van der Waals surface area (Å²) in [7, 11) is 0. The van der Waals surface area contributed by atoms with Crippen molar-refractivity contribution in [3.63, 3.8) is 0 Å². The lowest BCUT2D eigenvalue weighted by atomic mass is 9.99. The molecule has 2 N–H and O–H groups in total. The van der Waals surface area contributed by atoms with Gasteiger partial charge in [-0.2, -0.15) is 13.2 Å². The smallest absolute Gasteiger partial charge is 0.324 e. The van der Waals surface area contributed by atoms with Crippen LogP contribution < -0.4 is 5.73 Å². The summed E-state index contributed by atoms with van der Waals surface area (Å²) in [6.07, 6.45) is -2.05. The summed E-state index contributed by atoms with van der Waals surface area (Å²) in [5.41, 5.74) is 4.64. The lowest BCUT2D eigenvalue weighted by Gasteiger charge is -2.16. The van der Waals surface area contributed by atoms with Gasteiger partial charge in [0.25, 0.3) is 0 Å². The van der Waals surface area contributed by atoms with Gasteiger partial charge < -0.3 is 5.73 Å². The molecule has 108 valence electrons. The second-order valence-electron chi connectivity index (χ2n) is 4.64. The molecule has 0 saturated heterocycles. The van der Waals surface area contributed by atoms with E-state index in [1.54, 1.807) is 0 Å². The number of halogens is 6. The topological polar surface area (TPSA) is 26.0 Å². The number of benzene rings is 1. The fraction of sp³-hybridized carbons (Fsp3) is 0.500. The quantitative estimate of drug-likeness (QED) is 0.802. The van der Waals surface area contributed by atoms with Crippen molar-refractivity contribution in [2.75, 3.05) is 0 Å². The van der Waals surface area contributed by atoms with Gasteiger partial charge in [-0.25, -0.2) is 4.39 Å². The van der Waals surface area contributed by atoms with Crippen LogP contribution in [0.4, 0.5) is 17.6 Å². The summed E-state index contributed by atoms with van der Waals surface area (Å²) in [4.78, 5) is 0. The zero-order valence-corrected chi connectivity index (χ0v) is 11.4. The molecule has 7 heteroatoms. The number of hydrogen-bond acceptors (Lipinski definition) is 1. The summed E-state index contributed by atoms with van der Waals surface area (Å²) < 4.78 is 51.5. The van der Waals surface area contributed by atoms with Crippen LogP contribution >= 0.6 is 24.0 Å². The SMILES string of the molecule is Cl.N[C@H](CC1CC1)c1cc(C(F)(F)F)cc(Cl)c1F. The van der Waals surface area contributed by atoms with Crippen LogP contribution in [0.2, 0.25) is 5.02 Å². The largest absolute Gasteiger partial charge is 0.416 e. The molecule has 1 saturated carbocycles. The molecule has 1 aromatic rings. The van der Waals surface area contributed by atoms with Crippen LogP contribution in [0.5, 0.6) is 0 Å². The van der Waals surface area contributed by atoms with Crippen molar-refractivity contribution in [3.05, 3.63) is 34.1 Å². The molecule has 1 fully saturated rings. The van der Waals surface area contributed by atoms with Crippen molar-refractivity contribution in [2.24, 2.45) is 11.7 Å². The van der Waals surface area contributed by atoms with Gasteiger partial charge in [-0.3, -0.25) is 0 Å². The van der Waals surface area contributed by atoms with Gasteiger partial charge in [0.15, 0.2) is 0 Å². The van der Waals surface area contributed by atoms with E-state index >= 15 is 0 Å². The Morgan fingerprint density at radius 1 is 1.32 bits per heavy atom. The van der Waals surface area contributed by atoms with Gasteiger partial charge in [-0.1, -0.05) is 24.4 Å². The van der Waals surface area contributed by atoms with E-state index in [1.165, 1.54) is 0 Å². The third-order valence-electron chi connectivity index (χ3n) is 3.07. The summed E-state index contributed by atoms with van der Waals surface area (Å²) in [5.74, 6) is -0.453. The van der Waals surface area contributed by atoms with Crippen molar-refractivity contribution in [1.82, 2.24) is 0 Å². The summed E-state index contributed by atoms with van der Waals surface area (Å²) in [6.45, 7) is 0. The van der Waals surface area contributed by atoms with E-state index in [1.807, 2.05) is 0 Å². The Balaban J connectivity index is 0.00000180. The highest BCUT2D eigenvalue weighted by Crippen LogP contribution is 2.40. The number of hydrogen-bond donors (Lipinski definition) is 1. The fourth-order valence-electron chi connectivity index (χ4n) is 1.88. The Bertz CT molecular complexity index is 458. The van der Waals surface area contributed by atoms with Crippen molar-refractivity contribution in [1.29, 1.82) is 0 Å². The highest BCUT2D eigenvalue weighted by atomic mass is 35.5. The Morgan fingerprint density at radius 3 is 2.37 bits per heavy atom. The Labute approximate surface area is 119 Å². The Kier molecular flexibility index (Phi) is 5.09. The van der Waals surface area contributed by atoms with Crippen LogP contribution in [0.1, 0.15) is 36.4 Å². The molecule has 0 aromatic heterocycles. The van der Waals surface area contributed by atoms with Crippen LogP contribution in [0.25, 0.3) is 0 Å². The number of nitrogens with two attached hydrogens (primary N) is 1. The second kappa shape index (κ2) is 5.85. The summed E-state index contributed by atoms with van der Waals surface area (Å²) in [5, 5.41) is -0.536. The second-order valence-corrected chi connectivity index (χ2v) is 5.05. The van der Waals surface area contributed by atoms with Crippen LogP contribution in [-0.4, -0.2) is 0 Å². The molecule has 19 heavy (non-hydrogen) atoms. The van der Waals surface area contributed by atoms with Crippen molar-refractivity contribution in [2.45, 2.75) is 31.5 Å². The molecule has 0 radical (unpaired) electrons. The monoisotopic (exact) mass is 317 g/mol. The standard InChI is InChI=1S/C12H12ClF4N.ClH/c13-9-5-7(12(15,16)17)4-8(11(9)14)10(18)3-6-1-2-6;/h4-6,10H,1-3,18H2;1H/t10-;/m1./s1. The molecule has 0 heterocycles. The van der Waals surface area contributed by atoms with E-state index in [0.29, 0.717) is 18.4 Å². The normalized spacial score (nSPS) is 16.9. The van der Waals surface area contributed by atoms with E-state index in [-0.39, 0.29) is 18.0 Å². The molecule has 0 unspecified atom stereocenters. The van der Waals surface area contributed by atoms with Gasteiger partial charge in [0.2, 0.25) is 0 Å². The first-order chi connectivity index (χ1) is 8.29. The number of rotatable bonds is 3. The molecule has 1 atom stereocenters. The van der Waals surface area contributed by atoms with E-state index in [4.69, 9.17) is 17.3 Å². The minimum Gasteiger partial charge on any atom is -0.324 e. The first kappa shape index (κ1) is 16.5. The van der Waals surface area contributed by atoms with Crippen LogP contribution in [-0.2, 0) is 6.18 Å². The molecule has 1 aliphatic carbocycles. The van der Waals surface area contributed by atoms with Crippen LogP contribution in [0.15, 0.2) is 12.1 Å². The fourth-order valence-corrected chi connectivity index (χ4v) is 2.11. The number of alkyl halides is 3. The van der Waals surface area contributed by atoms with Crippen LogP contribution in [0.3, 0.4) is 0 Å². The minimum atomic E-state index is -4.55. The average Bonchev–Trinajstić information content (AvgIpc) is 3.03. The first-order valence-electron chi connectivity index (χ1n) is 5.60. The van der Waals surface area contributed by atoms with Crippen molar-refractivity contribution >= 4 is 24.0 Å². The predicted octanol–water partition coefficient (Wildman–Crippen LogP) is 4.72. The molecule has 0 bridgehead atoms. The van der Waals surface area contributed by atoms with E-state index < -0.39 is 28.6 Å². The Morgan fingerprint density at radius 2 is 1.89 bits per heavy atom. The summed E-state index contributed by atoms with van der Waals surface area (Å²) >= 11 is 5.49. The highest BCUT2D eigenvalue weighted by molar-refractivity contribution is 6.30. The zero-order valence-electron chi connectivity index (χ0n) is 9.81. The van der Waals surface area contributed by atoms with Gasteiger partial charge in [0, 0.05) is 11.6 Å². The molecule has 0 amide bonds. The van der Waals surface area contributed by atoms with Crippen molar-refractivity contribution < 1.29 is 17.6 Å². The minimum absolute atomic E-state index is 0. The van der Waals surface area contributed by atoms with Gasteiger partial charge in [0.1, 0.15) is 5.82 Å². The molecular weight excluding hydrogens is 305 g/mol.